The summed E-state index contributed by atoms with van der Waals surface area (Å²) < 4.78 is 1.65. The van der Waals surface area contributed by atoms with Gasteiger partial charge in [0.25, 0.3) is 5.91 Å². The molecule has 0 N–H and O–H groups in total. The summed E-state index contributed by atoms with van der Waals surface area (Å²) in [5.74, 6) is 0.0642. The summed E-state index contributed by atoms with van der Waals surface area (Å²) in [5, 5.41) is 7.90. The van der Waals surface area contributed by atoms with E-state index in [4.69, 9.17) is 0 Å². The number of carbonyl (C=O) groups is 1. The summed E-state index contributed by atoms with van der Waals surface area (Å²) in [5.41, 5.74) is 1.86. The molecule has 1 aromatic heterocycles. The zero-order chi connectivity index (χ0) is 19.7. The van der Waals surface area contributed by atoms with Crippen molar-refractivity contribution in [1.82, 2.24) is 24.8 Å². The van der Waals surface area contributed by atoms with Gasteiger partial charge in [-0.2, -0.15) is 0 Å². The van der Waals surface area contributed by atoms with Gasteiger partial charge in [-0.25, -0.2) is 4.68 Å². The number of para-hydroxylation sites is 1. The van der Waals surface area contributed by atoms with Crippen LogP contribution in [0.25, 0.3) is 5.69 Å². The number of benzene rings is 1. The fourth-order valence-electron chi connectivity index (χ4n) is 4.29. The van der Waals surface area contributed by atoms with E-state index in [-0.39, 0.29) is 16.9 Å². The zero-order valence-electron chi connectivity index (χ0n) is 17.1. The number of carbonyl (C=O) groups excluding carboxylic acids is 1. The molecule has 0 unspecified atom stereocenters. The second kappa shape index (κ2) is 7.43. The number of nitrogens with zero attached hydrogens (tertiary/aromatic N) is 5. The van der Waals surface area contributed by atoms with E-state index in [0.29, 0.717) is 5.56 Å². The first-order valence-electron chi connectivity index (χ1n) is 9.67. The summed E-state index contributed by atoms with van der Waals surface area (Å²) >= 11 is 0. The molecule has 27 heavy (non-hydrogen) atoms. The lowest BCUT2D eigenvalue weighted by Crippen LogP contribution is -2.56. The molecule has 3 rings (SSSR count). The summed E-state index contributed by atoms with van der Waals surface area (Å²) in [6.45, 7) is 14.8. The Hall–Kier alpha value is -2.21. The molecule has 0 saturated carbocycles. The van der Waals surface area contributed by atoms with E-state index in [9.17, 15) is 4.79 Å². The Morgan fingerprint density at radius 3 is 2.30 bits per heavy atom. The number of amides is 1. The lowest BCUT2D eigenvalue weighted by atomic mass is 9.80. The van der Waals surface area contributed by atoms with Crippen LogP contribution in [0.15, 0.2) is 36.7 Å². The van der Waals surface area contributed by atoms with Gasteiger partial charge in [0.1, 0.15) is 0 Å². The van der Waals surface area contributed by atoms with Crippen molar-refractivity contribution in [3.63, 3.8) is 0 Å². The van der Waals surface area contributed by atoms with Gasteiger partial charge in [-0.15, -0.1) is 5.10 Å². The highest BCUT2D eigenvalue weighted by Crippen LogP contribution is 2.32. The monoisotopic (exact) mass is 369 g/mol. The molecule has 1 amide bonds. The number of aromatic nitrogens is 3. The van der Waals surface area contributed by atoms with Crippen LogP contribution in [0.2, 0.25) is 0 Å². The van der Waals surface area contributed by atoms with Gasteiger partial charge in [-0.05, 0) is 37.8 Å². The fourth-order valence-corrected chi connectivity index (χ4v) is 4.29. The number of rotatable bonds is 4. The Morgan fingerprint density at radius 2 is 1.70 bits per heavy atom. The van der Waals surface area contributed by atoms with Crippen molar-refractivity contribution in [2.45, 2.75) is 46.6 Å². The number of hydrogen-bond acceptors (Lipinski definition) is 4. The predicted octanol–water partition coefficient (Wildman–Crippen LogP) is 3.24. The highest BCUT2D eigenvalue weighted by molar-refractivity contribution is 5.97. The van der Waals surface area contributed by atoms with Gasteiger partial charge in [-0.3, -0.25) is 9.69 Å². The number of hydrogen-bond donors (Lipinski definition) is 0. The Kier molecular flexibility index (Phi) is 5.38. The lowest BCUT2D eigenvalue weighted by molar-refractivity contribution is 0.0252. The molecule has 0 spiro atoms. The zero-order valence-corrected chi connectivity index (χ0v) is 17.1. The summed E-state index contributed by atoms with van der Waals surface area (Å²) in [7, 11) is 0. The summed E-state index contributed by atoms with van der Waals surface area (Å²) in [6.07, 6.45) is 4.51. The van der Waals surface area contributed by atoms with Crippen LogP contribution >= 0.6 is 0 Å². The van der Waals surface area contributed by atoms with Gasteiger partial charge in [0.05, 0.1) is 23.6 Å². The minimum Gasteiger partial charge on any atom is -0.336 e. The minimum absolute atomic E-state index is 0.0642. The molecule has 1 aliphatic rings. The predicted molar refractivity (Wildman–Crippen MR) is 107 cm³/mol. The lowest BCUT2D eigenvalue weighted by Gasteiger charge is -2.46. The molecule has 6 nitrogen and oxygen atoms in total. The molecular weight excluding hydrogens is 338 g/mol. The molecule has 146 valence electrons. The molecule has 0 atom stereocenters. The van der Waals surface area contributed by atoms with Crippen LogP contribution in [0.1, 0.15) is 51.4 Å². The van der Waals surface area contributed by atoms with E-state index >= 15 is 0 Å². The highest BCUT2D eigenvalue weighted by Gasteiger charge is 2.34. The van der Waals surface area contributed by atoms with E-state index in [0.717, 1.165) is 38.3 Å². The number of piperazine rings is 1. The maximum Gasteiger partial charge on any atom is 0.256 e. The topological polar surface area (TPSA) is 54.3 Å². The molecule has 0 radical (unpaired) electrons. The Labute approximate surface area is 162 Å². The third-order valence-corrected chi connectivity index (χ3v) is 5.19. The van der Waals surface area contributed by atoms with Gasteiger partial charge in [0.15, 0.2) is 0 Å². The first-order chi connectivity index (χ1) is 12.7. The van der Waals surface area contributed by atoms with Crippen LogP contribution in [0.3, 0.4) is 0 Å². The van der Waals surface area contributed by atoms with Crippen LogP contribution in [0, 0.1) is 5.41 Å². The average Bonchev–Trinajstić information content (AvgIpc) is 3.14. The largest absolute Gasteiger partial charge is 0.336 e. The Balaban J connectivity index is 1.70. The Morgan fingerprint density at radius 1 is 1.04 bits per heavy atom. The van der Waals surface area contributed by atoms with Crippen molar-refractivity contribution in [3.8, 4) is 5.69 Å². The van der Waals surface area contributed by atoms with E-state index < -0.39 is 0 Å². The molecular formula is C21H31N5O. The van der Waals surface area contributed by atoms with Crippen molar-refractivity contribution >= 4 is 5.91 Å². The summed E-state index contributed by atoms with van der Waals surface area (Å²) in [4.78, 5) is 17.6. The molecule has 1 saturated heterocycles. The van der Waals surface area contributed by atoms with Crippen LogP contribution in [-0.2, 0) is 0 Å². The second-order valence-corrected chi connectivity index (χ2v) is 9.19. The normalized spacial score (nSPS) is 16.6. The third kappa shape index (κ3) is 4.56. The maximum absolute atomic E-state index is 13.1. The second-order valence-electron chi connectivity index (χ2n) is 9.19. The molecule has 0 aliphatic carbocycles. The molecule has 1 aliphatic heterocycles. The van der Waals surface area contributed by atoms with E-state index in [1.165, 1.54) is 0 Å². The van der Waals surface area contributed by atoms with Gasteiger partial charge in [-0.1, -0.05) is 38.1 Å². The molecule has 2 aromatic rings. The van der Waals surface area contributed by atoms with Gasteiger partial charge >= 0.3 is 0 Å². The molecule has 2 heterocycles. The third-order valence-electron chi connectivity index (χ3n) is 5.19. The Bertz CT molecular complexity index is 768. The van der Waals surface area contributed by atoms with E-state index in [2.05, 4.69) is 49.8 Å². The minimum atomic E-state index is 0.0642. The molecule has 1 aromatic carbocycles. The first kappa shape index (κ1) is 19.5. The van der Waals surface area contributed by atoms with Crippen LogP contribution in [-0.4, -0.2) is 62.4 Å². The summed E-state index contributed by atoms with van der Waals surface area (Å²) in [6, 6.07) is 7.59. The van der Waals surface area contributed by atoms with Crippen molar-refractivity contribution in [2.24, 2.45) is 5.41 Å². The van der Waals surface area contributed by atoms with Crippen LogP contribution < -0.4 is 0 Å². The standard InChI is InChI=1S/C21H31N5O/c1-20(2,3)16-21(4,5)25-14-12-24(13-15-25)19(27)17-8-6-7-9-18(17)26-11-10-22-23-26/h6-11H,12-16H2,1-5H3. The first-order valence-corrected chi connectivity index (χ1v) is 9.67. The van der Waals surface area contributed by atoms with Crippen molar-refractivity contribution < 1.29 is 4.79 Å². The van der Waals surface area contributed by atoms with Crippen LogP contribution in [0.5, 0.6) is 0 Å². The highest BCUT2D eigenvalue weighted by atomic mass is 16.2. The van der Waals surface area contributed by atoms with E-state index in [1.54, 1.807) is 17.1 Å². The smallest absolute Gasteiger partial charge is 0.256 e. The van der Waals surface area contributed by atoms with E-state index in [1.807, 2.05) is 29.2 Å². The van der Waals surface area contributed by atoms with Crippen molar-refractivity contribution in [3.05, 3.63) is 42.2 Å². The fraction of sp³-hybridized carbons (Fsp3) is 0.571. The van der Waals surface area contributed by atoms with Gasteiger partial charge in [0, 0.05) is 31.7 Å². The quantitative estimate of drug-likeness (QED) is 0.830. The van der Waals surface area contributed by atoms with Gasteiger partial charge in [0.2, 0.25) is 0 Å². The van der Waals surface area contributed by atoms with Crippen molar-refractivity contribution in [1.29, 1.82) is 0 Å². The maximum atomic E-state index is 13.1. The van der Waals surface area contributed by atoms with Gasteiger partial charge < -0.3 is 4.90 Å². The SMILES string of the molecule is CC(C)(C)CC(C)(C)N1CCN(C(=O)c2ccccc2-n2ccnn2)CC1. The molecule has 6 heteroatoms. The van der Waals surface area contributed by atoms with Crippen LogP contribution in [0.4, 0.5) is 0 Å². The average molecular weight is 370 g/mol. The molecule has 0 bridgehead atoms. The molecule has 1 fully saturated rings. The van der Waals surface area contributed by atoms with Crippen molar-refractivity contribution in [2.75, 3.05) is 26.2 Å².